The van der Waals surface area contributed by atoms with Crippen LogP contribution in [0.25, 0.3) is 5.00 Å². The second-order valence-electron chi connectivity index (χ2n) is 17.5. The topological polar surface area (TPSA) is 160 Å². The SMILES string of the molecule is Cc1sc2c(c1C)C(c1ccc(C3CC([C@@H]4CCCN(c5ccc(C(=O)NC6CCC(Oc7ccc(C#N)c(Cl)c7)CC6)nn5)C4)C3)cc1)=N[C@@H](Cc1ncco1)c1nnc(C)n1-2. The average molecular weight is 882 g/mol. The molecule has 6 aromatic rings. The van der Waals surface area contributed by atoms with E-state index in [1.165, 1.54) is 35.3 Å². The quantitative estimate of drug-likeness (QED) is 0.141. The summed E-state index contributed by atoms with van der Waals surface area (Å²) < 4.78 is 14.0. The molecule has 0 unspecified atom stereocenters. The van der Waals surface area contributed by atoms with Gasteiger partial charge < -0.3 is 19.4 Å². The largest absolute Gasteiger partial charge is 0.490 e. The van der Waals surface area contributed by atoms with Gasteiger partial charge in [-0.2, -0.15) is 5.26 Å². The number of rotatable bonds is 10. The van der Waals surface area contributed by atoms with Crippen molar-refractivity contribution in [1.29, 1.82) is 5.26 Å². The number of amides is 1. The van der Waals surface area contributed by atoms with Crippen molar-refractivity contribution in [3.05, 3.63) is 128 Å². The highest BCUT2D eigenvalue weighted by atomic mass is 35.5. The molecule has 4 aliphatic rings. The van der Waals surface area contributed by atoms with Crippen molar-refractivity contribution in [2.45, 2.75) is 103 Å². The van der Waals surface area contributed by atoms with Crippen molar-refractivity contribution in [3.63, 3.8) is 0 Å². The van der Waals surface area contributed by atoms with Crippen LogP contribution in [0.2, 0.25) is 5.02 Å². The van der Waals surface area contributed by atoms with Crippen LogP contribution in [0, 0.1) is 43.9 Å². The number of nitrogens with zero attached hydrogens (tertiary/aromatic N) is 9. The standard InChI is InChI=1S/C48H49ClN10O3S/c1-27-28(2)63-48-44(27)45(53-41(24-43-51-18-20-61-43)46-57-54-29(3)59(46)48)31-8-6-30(7-9-31)34-21-35(22-34)33-5-4-19-58(26-33)42-17-16-40(55-56-42)47(60)52-36-11-14-37(15-12-36)62-38-13-10-32(25-50)39(49)23-38/h6-10,13,16-18,20,23,33-37,41H,4-5,11-12,14-15,19,21-22,24,26H2,1-3H3,(H,52,60)/t33-,34?,35?,36?,37?,41+/m1/s1. The number of anilines is 1. The van der Waals surface area contributed by atoms with Gasteiger partial charge in [0.2, 0.25) is 0 Å². The van der Waals surface area contributed by atoms with Crippen LogP contribution in [0.3, 0.4) is 0 Å². The van der Waals surface area contributed by atoms with Crippen LogP contribution in [-0.4, -0.2) is 66.8 Å². The van der Waals surface area contributed by atoms with Gasteiger partial charge in [-0.25, -0.2) is 4.98 Å². The number of ether oxygens (including phenoxy) is 1. The number of halogens is 1. The van der Waals surface area contributed by atoms with Gasteiger partial charge in [-0.05, 0) is 125 Å². The Balaban J connectivity index is 0.740. The summed E-state index contributed by atoms with van der Waals surface area (Å²) >= 11 is 7.95. The highest BCUT2D eigenvalue weighted by Gasteiger charge is 2.38. The monoisotopic (exact) mass is 880 g/mol. The third-order valence-electron chi connectivity index (χ3n) is 13.6. The Morgan fingerprint density at radius 1 is 0.984 bits per heavy atom. The first-order chi connectivity index (χ1) is 30.7. The molecule has 0 spiro atoms. The Morgan fingerprint density at radius 3 is 2.54 bits per heavy atom. The zero-order chi connectivity index (χ0) is 43.2. The molecule has 0 bridgehead atoms. The van der Waals surface area contributed by atoms with Crippen molar-refractivity contribution >= 4 is 40.4 Å². The van der Waals surface area contributed by atoms with Crippen LogP contribution in [0.1, 0.15) is 124 Å². The molecule has 1 N–H and O–H groups in total. The Labute approximate surface area is 375 Å². The van der Waals surface area contributed by atoms with Crippen molar-refractivity contribution < 1.29 is 13.9 Å². The lowest BCUT2D eigenvalue weighted by Crippen LogP contribution is -2.42. The molecule has 10 rings (SSSR count). The highest BCUT2D eigenvalue weighted by molar-refractivity contribution is 7.15. The number of nitriles is 1. The Hall–Kier alpha value is -5.91. The summed E-state index contributed by atoms with van der Waals surface area (Å²) in [5, 5.41) is 31.8. The highest BCUT2D eigenvalue weighted by Crippen LogP contribution is 2.48. The number of hydrogen-bond acceptors (Lipinski definition) is 12. The van der Waals surface area contributed by atoms with Gasteiger partial charge in [0.05, 0.1) is 35.0 Å². The summed E-state index contributed by atoms with van der Waals surface area (Å²) in [5.41, 5.74) is 6.60. The van der Waals surface area contributed by atoms with E-state index in [4.69, 9.17) is 31.0 Å². The predicted molar refractivity (Wildman–Crippen MR) is 241 cm³/mol. The van der Waals surface area contributed by atoms with E-state index in [-0.39, 0.29) is 24.1 Å². The van der Waals surface area contributed by atoms with Gasteiger partial charge in [0.25, 0.3) is 5.91 Å². The smallest absolute Gasteiger partial charge is 0.272 e. The number of fused-ring (bicyclic) bond motifs is 3. The van der Waals surface area contributed by atoms with Gasteiger partial charge in [-0.1, -0.05) is 35.9 Å². The third kappa shape index (κ3) is 8.24. The summed E-state index contributed by atoms with van der Waals surface area (Å²) in [6.45, 7) is 8.26. The van der Waals surface area contributed by atoms with Crippen molar-refractivity contribution in [2.24, 2.45) is 16.8 Å². The van der Waals surface area contributed by atoms with Crippen molar-refractivity contribution in [1.82, 2.24) is 35.3 Å². The molecule has 15 heteroatoms. The fourth-order valence-electron chi connectivity index (χ4n) is 9.93. The molecule has 1 saturated heterocycles. The van der Waals surface area contributed by atoms with E-state index in [2.05, 4.69) is 84.3 Å². The molecule has 322 valence electrons. The summed E-state index contributed by atoms with van der Waals surface area (Å²) in [6, 6.07) is 19.8. The van der Waals surface area contributed by atoms with Crippen molar-refractivity contribution in [3.8, 4) is 16.8 Å². The number of nitrogens with one attached hydrogen (secondary N) is 1. The lowest BCUT2D eigenvalue weighted by atomic mass is 9.64. The normalized spacial score (nSPS) is 23.1. The van der Waals surface area contributed by atoms with Crippen LogP contribution in [0.5, 0.6) is 5.75 Å². The van der Waals surface area contributed by atoms with E-state index in [0.29, 0.717) is 52.1 Å². The number of benzene rings is 2. The number of aliphatic imine (C=N–C) groups is 1. The summed E-state index contributed by atoms with van der Waals surface area (Å²) in [6.07, 6.45) is 11.7. The van der Waals surface area contributed by atoms with Gasteiger partial charge >= 0.3 is 0 Å². The Bertz CT molecular complexity index is 2690. The van der Waals surface area contributed by atoms with Crippen LogP contribution in [-0.2, 0) is 6.42 Å². The number of aromatic nitrogens is 6. The predicted octanol–water partition coefficient (Wildman–Crippen LogP) is 9.22. The second-order valence-corrected chi connectivity index (χ2v) is 19.1. The van der Waals surface area contributed by atoms with Crippen LogP contribution < -0.4 is 15.0 Å². The number of oxazole rings is 1. The third-order valence-corrected chi connectivity index (χ3v) is 15.1. The molecule has 4 aromatic heterocycles. The van der Waals surface area contributed by atoms with Gasteiger partial charge in [0.15, 0.2) is 23.2 Å². The van der Waals surface area contributed by atoms with E-state index in [1.807, 2.05) is 13.0 Å². The molecule has 2 atom stereocenters. The molecule has 63 heavy (non-hydrogen) atoms. The summed E-state index contributed by atoms with van der Waals surface area (Å²) in [7, 11) is 0. The molecular formula is C48H49ClN10O3S. The molecule has 2 aliphatic heterocycles. The number of piperidine rings is 1. The van der Waals surface area contributed by atoms with Gasteiger partial charge in [0.1, 0.15) is 34.9 Å². The summed E-state index contributed by atoms with van der Waals surface area (Å²) in [5.74, 6) is 5.37. The van der Waals surface area contributed by atoms with E-state index < -0.39 is 0 Å². The lowest BCUT2D eigenvalue weighted by molar-refractivity contribution is 0.0888. The first-order valence-corrected chi connectivity index (χ1v) is 23.2. The summed E-state index contributed by atoms with van der Waals surface area (Å²) in [4.78, 5) is 26.6. The molecule has 6 heterocycles. The zero-order valence-electron chi connectivity index (χ0n) is 35.6. The molecular weight excluding hydrogens is 832 g/mol. The van der Waals surface area contributed by atoms with Crippen LogP contribution in [0.15, 0.2) is 76.5 Å². The number of hydrogen-bond donors (Lipinski definition) is 1. The molecule has 3 fully saturated rings. The zero-order valence-corrected chi connectivity index (χ0v) is 37.2. The minimum absolute atomic E-state index is 0.0333. The Kier molecular flexibility index (Phi) is 11.3. The average Bonchev–Trinajstić information content (AvgIpc) is 3.99. The lowest BCUT2D eigenvalue weighted by Gasteiger charge is -2.45. The number of carbonyl (C=O) groups excluding carboxylic acids is 1. The fraction of sp³-hybridized carbons (Fsp3) is 0.417. The maximum absolute atomic E-state index is 13.2. The van der Waals surface area contributed by atoms with E-state index in [1.54, 1.807) is 48.1 Å². The minimum Gasteiger partial charge on any atom is -0.490 e. The number of thiophene rings is 1. The molecule has 2 saturated carbocycles. The maximum atomic E-state index is 13.2. The van der Waals surface area contributed by atoms with Crippen LogP contribution >= 0.6 is 22.9 Å². The maximum Gasteiger partial charge on any atom is 0.272 e. The van der Waals surface area contributed by atoms with Gasteiger partial charge in [-0.15, -0.1) is 31.7 Å². The molecule has 0 radical (unpaired) electrons. The number of aryl methyl sites for hydroxylation is 2. The molecule has 2 aliphatic carbocycles. The second kappa shape index (κ2) is 17.3. The molecule has 1 amide bonds. The minimum atomic E-state index is -0.295. The number of carbonyl (C=O) groups is 1. The van der Waals surface area contributed by atoms with E-state index in [0.717, 1.165) is 84.5 Å². The fourth-order valence-corrected chi connectivity index (χ4v) is 11.4. The van der Waals surface area contributed by atoms with Crippen molar-refractivity contribution in [2.75, 3.05) is 18.0 Å². The van der Waals surface area contributed by atoms with E-state index >= 15 is 0 Å². The first kappa shape index (κ1) is 41.1. The molecule has 13 nitrogen and oxygen atoms in total. The van der Waals surface area contributed by atoms with E-state index in [9.17, 15) is 4.79 Å². The van der Waals surface area contributed by atoms with Gasteiger partial charge in [0, 0.05) is 41.2 Å². The molecule has 2 aromatic carbocycles. The van der Waals surface area contributed by atoms with Gasteiger partial charge in [-0.3, -0.25) is 14.4 Å². The first-order valence-electron chi connectivity index (χ1n) is 22.0. The Morgan fingerprint density at radius 2 is 1.81 bits per heavy atom. The van der Waals surface area contributed by atoms with Crippen LogP contribution in [0.4, 0.5) is 5.82 Å².